The van der Waals surface area contributed by atoms with Crippen molar-refractivity contribution < 1.29 is 5.11 Å². The molecule has 0 aliphatic carbocycles. The van der Waals surface area contributed by atoms with Crippen LogP contribution in [0.1, 0.15) is 25.0 Å². The molecular formula is C21H24N6O. The van der Waals surface area contributed by atoms with Crippen molar-refractivity contribution >= 4 is 22.6 Å². The average molecular weight is 376 g/mol. The lowest BCUT2D eigenvalue weighted by molar-refractivity contribution is 0.476. The third-order valence-electron chi connectivity index (χ3n) is 5.01. The van der Waals surface area contributed by atoms with Crippen molar-refractivity contribution in [2.45, 2.75) is 25.4 Å². The summed E-state index contributed by atoms with van der Waals surface area (Å²) in [5, 5.41) is 11.7. The topological polar surface area (TPSA) is 85.7 Å². The number of hydrogen-bond donors (Lipinski definition) is 3. The van der Waals surface area contributed by atoms with Crippen molar-refractivity contribution in [2.24, 2.45) is 4.99 Å². The number of amidine groups is 1. The second kappa shape index (κ2) is 7.82. The summed E-state index contributed by atoms with van der Waals surface area (Å²) in [6.07, 6.45) is 9.86. The fraction of sp³-hybridized carbons (Fsp3) is 0.286. The molecule has 144 valence electrons. The number of rotatable bonds is 6. The van der Waals surface area contributed by atoms with Crippen LogP contribution in [-0.4, -0.2) is 40.2 Å². The SMILES string of the molecule is C=C/C=C(\C=C)CC1N=C(c2nc(N3CCCC3)c3cccnc3c2O)NN1. The Morgan fingerprint density at radius 3 is 2.89 bits per heavy atom. The van der Waals surface area contributed by atoms with Crippen molar-refractivity contribution in [2.75, 3.05) is 18.0 Å². The second-order valence-electron chi connectivity index (χ2n) is 6.87. The van der Waals surface area contributed by atoms with Crippen LogP contribution in [-0.2, 0) is 0 Å². The Bertz CT molecular complexity index is 974. The van der Waals surface area contributed by atoms with E-state index in [4.69, 9.17) is 4.98 Å². The molecule has 2 aliphatic rings. The van der Waals surface area contributed by atoms with Crippen LogP contribution in [0, 0.1) is 0 Å². The summed E-state index contributed by atoms with van der Waals surface area (Å²) < 4.78 is 0. The number of nitrogens with zero attached hydrogens (tertiary/aromatic N) is 4. The molecule has 2 aromatic heterocycles. The first-order valence-corrected chi connectivity index (χ1v) is 9.47. The minimum atomic E-state index is -0.185. The Morgan fingerprint density at radius 2 is 2.14 bits per heavy atom. The van der Waals surface area contributed by atoms with Gasteiger partial charge < -0.3 is 15.4 Å². The van der Waals surface area contributed by atoms with Crippen LogP contribution in [0.4, 0.5) is 5.82 Å². The highest BCUT2D eigenvalue weighted by molar-refractivity contribution is 6.06. The molecule has 1 atom stereocenters. The Hall–Kier alpha value is -3.19. The van der Waals surface area contributed by atoms with Crippen molar-refractivity contribution in [1.29, 1.82) is 0 Å². The molecule has 4 heterocycles. The Balaban J connectivity index is 1.73. The molecular weight excluding hydrogens is 352 g/mol. The number of anilines is 1. The number of pyridine rings is 2. The lowest BCUT2D eigenvalue weighted by Crippen LogP contribution is -2.36. The van der Waals surface area contributed by atoms with Crippen LogP contribution in [0.15, 0.2) is 60.3 Å². The van der Waals surface area contributed by atoms with Gasteiger partial charge >= 0.3 is 0 Å². The average Bonchev–Trinajstić information content (AvgIpc) is 3.40. The molecule has 0 radical (unpaired) electrons. The molecule has 7 heteroatoms. The molecule has 2 aliphatic heterocycles. The highest BCUT2D eigenvalue weighted by Crippen LogP contribution is 2.34. The third-order valence-corrected chi connectivity index (χ3v) is 5.01. The zero-order chi connectivity index (χ0) is 19.5. The molecule has 0 spiro atoms. The molecule has 3 N–H and O–H groups in total. The van der Waals surface area contributed by atoms with E-state index in [9.17, 15) is 5.11 Å². The molecule has 2 aromatic rings. The summed E-state index contributed by atoms with van der Waals surface area (Å²) in [7, 11) is 0. The first kappa shape index (κ1) is 18.2. The van der Waals surface area contributed by atoms with E-state index < -0.39 is 0 Å². The van der Waals surface area contributed by atoms with E-state index in [1.807, 2.05) is 18.2 Å². The van der Waals surface area contributed by atoms with Gasteiger partial charge in [-0.15, -0.1) is 0 Å². The number of aromatic hydroxyl groups is 1. The van der Waals surface area contributed by atoms with Crippen molar-refractivity contribution in [3.05, 3.63) is 61.0 Å². The monoisotopic (exact) mass is 376 g/mol. The number of aliphatic imine (C=N–C) groups is 1. The first-order chi connectivity index (χ1) is 13.7. The normalized spacial score (nSPS) is 19.6. The van der Waals surface area contributed by atoms with Gasteiger partial charge in [-0.1, -0.05) is 31.4 Å². The van der Waals surface area contributed by atoms with Gasteiger partial charge in [-0.2, -0.15) is 0 Å². The molecule has 1 unspecified atom stereocenters. The molecule has 7 nitrogen and oxygen atoms in total. The van der Waals surface area contributed by atoms with Gasteiger partial charge in [0, 0.05) is 31.1 Å². The van der Waals surface area contributed by atoms with Gasteiger partial charge in [0.1, 0.15) is 17.5 Å². The van der Waals surface area contributed by atoms with Gasteiger partial charge in [-0.3, -0.25) is 4.98 Å². The van der Waals surface area contributed by atoms with Gasteiger partial charge in [-0.25, -0.2) is 15.4 Å². The van der Waals surface area contributed by atoms with Gasteiger partial charge in [-0.05, 0) is 30.5 Å². The number of hydrogen-bond acceptors (Lipinski definition) is 7. The van der Waals surface area contributed by atoms with Gasteiger partial charge in [0.25, 0.3) is 0 Å². The Kier molecular flexibility index (Phi) is 5.08. The quantitative estimate of drug-likeness (QED) is 0.672. The van der Waals surface area contributed by atoms with E-state index in [2.05, 4.69) is 38.9 Å². The van der Waals surface area contributed by atoms with E-state index >= 15 is 0 Å². The first-order valence-electron chi connectivity index (χ1n) is 9.47. The zero-order valence-electron chi connectivity index (χ0n) is 15.7. The lowest BCUT2D eigenvalue weighted by atomic mass is 10.1. The van der Waals surface area contributed by atoms with Crippen molar-refractivity contribution in [3.8, 4) is 5.75 Å². The number of hydrazine groups is 1. The highest BCUT2D eigenvalue weighted by atomic mass is 16.3. The standard InChI is InChI=1S/C21H24N6O/c1-3-8-14(4-2)13-16-23-20(26-25-16)18-19(28)17-15(9-7-10-22-17)21(24-18)27-11-5-6-12-27/h3-4,7-10,16,25,28H,1-2,5-6,11-13H2,(H,23,26)/b14-8+. The van der Waals surface area contributed by atoms with Crippen LogP contribution in [0.5, 0.6) is 5.75 Å². The van der Waals surface area contributed by atoms with E-state index in [1.165, 1.54) is 0 Å². The van der Waals surface area contributed by atoms with E-state index in [-0.39, 0.29) is 11.9 Å². The molecule has 1 saturated heterocycles. The van der Waals surface area contributed by atoms with E-state index in [1.54, 1.807) is 18.3 Å². The Labute approximate surface area is 164 Å². The molecule has 4 rings (SSSR count). The largest absolute Gasteiger partial charge is 0.504 e. The third kappa shape index (κ3) is 3.36. The van der Waals surface area contributed by atoms with Crippen LogP contribution >= 0.6 is 0 Å². The number of aromatic nitrogens is 2. The molecule has 28 heavy (non-hydrogen) atoms. The zero-order valence-corrected chi connectivity index (χ0v) is 15.7. The fourth-order valence-electron chi connectivity index (χ4n) is 3.62. The maximum Gasteiger partial charge on any atom is 0.171 e. The summed E-state index contributed by atoms with van der Waals surface area (Å²) in [4.78, 5) is 16.1. The number of nitrogens with one attached hydrogen (secondary N) is 2. The fourth-order valence-corrected chi connectivity index (χ4v) is 3.62. The van der Waals surface area contributed by atoms with Crippen LogP contribution in [0.25, 0.3) is 10.9 Å². The van der Waals surface area contributed by atoms with Crippen molar-refractivity contribution in [3.63, 3.8) is 0 Å². The molecule has 1 fully saturated rings. The maximum atomic E-state index is 10.8. The van der Waals surface area contributed by atoms with Crippen LogP contribution < -0.4 is 15.8 Å². The van der Waals surface area contributed by atoms with E-state index in [0.717, 1.165) is 42.7 Å². The number of fused-ring (bicyclic) bond motifs is 1. The van der Waals surface area contributed by atoms with Gasteiger partial charge in [0.05, 0.1) is 0 Å². The van der Waals surface area contributed by atoms with Crippen LogP contribution in [0.3, 0.4) is 0 Å². The van der Waals surface area contributed by atoms with Crippen molar-refractivity contribution in [1.82, 2.24) is 20.8 Å². The second-order valence-corrected chi connectivity index (χ2v) is 6.87. The Morgan fingerprint density at radius 1 is 1.32 bits per heavy atom. The smallest absolute Gasteiger partial charge is 0.171 e. The maximum absolute atomic E-state index is 10.8. The minimum absolute atomic E-state index is 0.0397. The minimum Gasteiger partial charge on any atom is -0.504 e. The van der Waals surface area contributed by atoms with E-state index in [0.29, 0.717) is 23.5 Å². The van der Waals surface area contributed by atoms with Crippen LogP contribution in [0.2, 0.25) is 0 Å². The summed E-state index contributed by atoms with van der Waals surface area (Å²) in [6, 6.07) is 3.82. The van der Waals surface area contributed by atoms with Gasteiger partial charge in [0.15, 0.2) is 17.3 Å². The highest BCUT2D eigenvalue weighted by Gasteiger charge is 2.26. The molecule has 0 aromatic carbocycles. The number of allylic oxidation sites excluding steroid dienone is 3. The van der Waals surface area contributed by atoms with Gasteiger partial charge in [0.2, 0.25) is 0 Å². The summed E-state index contributed by atoms with van der Waals surface area (Å²) >= 11 is 0. The molecule has 0 amide bonds. The lowest BCUT2D eigenvalue weighted by Gasteiger charge is -2.20. The predicted molar refractivity (Wildman–Crippen MR) is 112 cm³/mol. The molecule has 0 bridgehead atoms. The molecule has 0 saturated carbocycles. The predicted octanol–water partition coefficient (Wildman–Crippen LogP) is 2.80. The summed E-state index contributed by atoms with van der Waals surface area (Å²) in [5.41, 5.74) is 8.17. The summed E-state index contributed by atoms with van der Waals surface area (Å²) in [5.74, 6) is 1.40. The summed E-state index contributed by atoms with van der Waals surface area (Å²) in [6.45, 7) is 9.46.